The van der Waals surface area contributed by atoms with Crippen molar-refractivity contribution in [3.05, 3.63) is 58.6 Å². The number of hydrogen-bond acceptors (Lipinski definition) is 2. The van der Waals surface area contributed by atoms with Crippen LogP contribution in [0.3, 0.4) is 0 Å². The highest BCUT2D eigenvalue weighted by Crippen LogP contribution is 2.37. The lowest BCUT2D eigenvalue weighted by Gasteiger charge is -2.20. The van der Waals surface area contributed by atoms with E-state index in [1.54, 1.807) is 0 Å². The Bertz CT molecular complexity index is 798. The second-order valence-corrected chi connectivity index (χ2v) is 5.53. The highest BCUT2D eigenvalue weighted by Gasteiger charge is 2.18. The Morgan fingerprint density at radius 1 is 1.05 bits per heavy atom. The van der Waals surface area contributed by atoms with Crippen LogP contribution in [-0.4, -0.2) is 4.98 Å². The molecule has 2 heterocycles. The number of ether oxygens (including phenoxy) is 1. The fourth-order valence-corrected chi connectivity index (χ4v) is 2.86. The van der Waals surface area contributed by atoms with Gasteiger partial charge in [0.25, 0.3) is 0 Å². The van der Waals surface area contributed by atoms with Crippen molar-refractivity contribution in [1.82, 2.24) is 4.98 Å². The standard InChI is InChI=1S/C16H10BrNO/c17-12-5-6-14-10(8-12)7-11-9-19-15-4-2-1-3-13(15)16(11)18-14/h1-8H,9H2. The summed E-state index contributed by atoms with van der Waals surface area (Å²) < 4.78 is 6.85. The van der Waals surface area contributed by atoms with E-state index in [-0.39, 0.29) is 0 Å². The van der Waals surface area contributed by atoms with Crippen LogP contribution < -0.4 is 4.74 Å². The molecule has 3 heteroatoms. The van der Waals surface area contributed by atoms with E-state index in [1.165, 1.54) is 0 Å². The molecule has 0 spiro atoms. The molecule has 0 atom stereocenters. The molecule has 1 aromatic heterocycles. The highest BCUT2D eigenvalue weighted by atomic mass is 79.9. The Morgan fingerprint density at radius 2 is 1.95 bits per heavy atom. The van der Waals surface area contributed by atoms with E-state index in [9.17, 15) is 0 Å². The van der Waals surface area contributed by atoms with Crippen molar-refractivity contribution in [2.75, 3.05) is 0 Å². The predicted octanol–water partition coefficient (Wildman–Crippen LogP) is 4.56. The molecule has 1 aliphatic rings. The smallest absolute Gasteiger partial charge is 0.129 e. The Kier molecular flexibility index (Phi) is 2.35. The summed E-state index contributed by atoms with van der Waals surface area (Å²) in [4.78, 5) is 4.80. The van der Waals surface area contributed by atoms with Crippen molar-refractivity contribution in [3.63, 3.8) is 0 Å². The third-order valence-electron chi connectivity index (χ3n) is 3.38. The maximum atomic E-state index is 5.78. The topological polar surface area (TPSA) is 22.1 Å². The number of hydrogen-bond donors (Lipinski definition) is 0. The zero-order valence-corrected chi connectivity index (χ0v) is 11.6. The summed E-state index contributed by atoms with van der Waals surface area (Å²) in [6, 6.07) is 16.4. The van der Waals surface area contributed by atoms with Gasteiger partial charge in [0.05, 0.1) is 11.2 Å². The third kappa shape index (κ3) is 1.73. The van der Waals surface area contributed by atoms with Crippen molar-refractivity contribution < 1.29 is 4.74 Å². The molecule has 0 amide bonds. The minimum atomic E-state index is 0.585. The molecule has 3 aromatic rings. The van der Waals surface area contributed by atoms with Gasteiger partial charge in [-0.3, -0.25) is 0 Å². The Hall–Kier alpha value is -1.87. The Balaban J connectivity index is 2.03. The molecule has 19 heavy (non-hydrogen) atoms. The van der Waals surface area contributed by atoms with Gasteiger partial charge in [0.15, 0.2) is 0 Å². The van der Waals surface area contributed by atoms with Gasteiger partial charge in [0.2, 0.25) is 0 Å². The zero-order chi connectivity index (χ0) is 12.8. The van der Waals surface area contributed by atoms with Gasteiger partial charge in [-0.1, -0.05) is 28.1 Å². The first-order valence-corrected chi connectivity index (χ1v) is 6.92. The van der Waals surface area contributed by atoms with Crippen molar-refractivity contribution in [1.29, 1.82) is 0 Å². The lowest BCUT2D eigenvalue weighted by atomic mass is 10.0. The quantitative estimate of drug-likeness (QED) is 0.607. The molecule has 0 saturated carbocycles. The van der Waals surface area contributed by atoms with Gasteiger partial charge in [-0.25, -0.2) is 4.98 Å². The van der Waals surface area contributed by atoms with Crippen LogP contribution in [-0.2, 0) is 6.61 Å². The van der Waals surface area contributed by atoms with Gasteiger partial charge in [0.1, 0.15) is 12.4 Å². The van der Waals surface area contributed by atoms with Crippen LogP contribution in [0.4, 0.5) is 0 Å². The Labute approximate surface area is 119 Å². The third-order valence-corrected chi connectivity index (χ3v) is 3.87. The number of halogens is 1. The van der Waals surface area contributed by atoms with E-state index in [0.717, 1.165) is 37.9 Å². The fraction of sp³-hybridized carbons (Fsp3) is 0.0625. The summed E-state index contributed by atoms with van der Waals surface area (Å²) in [7, 11) is 0. The molecule has 0 unspecified atom stereocenters. The van der Waals surface area contributed by atoms with Gasteiger partial charge in [-0.05, 0) is 36.4 Å². The predicted molar refractivity (Wildman–Crippen MR) is 79.2 cm³/mol. The van der Waals surface area contributed by atoms with Crippen LogP contribution in [0.25, 0.3) is 22.2 Å². The first-order chi connectivity index (χ1) is 9.31. The molecule has 2 nitrogen and oxygen atoms in total. The summed E-state index contributed by atoms with van der Waals surface area (Å²) in [6.07, 6.45) is 0. The van der Waals surface area contributed by atoms with Gasteiger partial charge < -0.3 is 4.74 Å². The summed E-state index contributed by atoms with van der Waals surface area (Å²) in [6.45, 7) is 0.585. The summed E-state index contributed by atoms with van der Waals surface area (Å²) in [5.74, 6) is 0.916. The fourth-order valence-electron chi connectivity index (χ4n) is 2.48. The van der Waals surface area contributed by atoms with Crippen molar-refractivity contribution >= 4 is 26.8 Å². The SMILES string of the molecule is Brc1ccc2nc3c(cc2c1)COc1ccccc1-3. The average Bonchev–Trinajstić information content (AvgIpc) is 2.45. The van der Waals surface area contributed by atoms with Crippen LogP contribution in [0, 0.1) is 0 Å². The van der Waals surface area contributed by atoms with E-state index in [0.29, 0.717) is 6.61 Å². The average molecular weight is 312 g/mol. The lowest BCUT2D eigenvalue weighted by molar-refractivity contribution is 0.302. The molecule has 0 fully saturated rings. The summed E-state index contributed by atoms with van der Waals surface area (Å²) in [5.41, 5.74) is 4.27. The molecule has 0 bridgehead atoms. The first kappa shape index (κ1) is 11.0. The molecular formula is C16H10BrNO. The van der Waals surface area contributed by atoms with Crippen LogP contribution in [0.15, 0.2) is 53.0 Å². The molecule has 0 N–H and O–H groups in total. The summed E-state index contributed by atoms with van der Waals surface area (Å²) in [5, 5.41) is 1.14. The molecule has 92 valence electrons. The van der Waals surface area contributed by atoms with E-state index in [1.807, 2.05) is 30.3 Å². The summed E-state index contributed by atoms with van der Waals surface area (Å²) >= 11 is 3.50. The second-order valence-electron chi connectivity index (χ2n) is 4.62. The van der Waals surface area contributed by atoms with Gasteiger partial charge in [-0.15, -0.1) is 0 Å². The number of fused-ring (bicyclic) bond motifs is 4. The van der Waals surface area contributed by atoms with Gasteiger partial charge in [0, 0.05) is 21.0 Å². The number of rotatable bonds is 0. The number of aromatic nitrogens is 1. The maximum absolute atomic E-state index is 5.78. The molecule has 0 saturated heterocycles. The van der Waals surface area contributed by atoms with Gasteiger partial charge in [-0.2, -0.15) is 0 Å². The van der Waals surface area contributed by atoms with Crippen LogP contribution in [0.1, 0.15) is 5.56 Å². The molecular weight excluding hydrogens is 302 g/mol. The minimum Gasteiger partial charge on any atom is -0.488 e. The van der Waals surface area contributed by atoms with Crippen LogP contribution in [0.2, 0.25) is 0 Å². The zero-order valence-electron chi connectivity index (χ0n) is 10.1. The largest absolute Gasteiger partial charge is 0.488 e. The minimum absolute atomic E-state index is 0.585. The maximum Gasteiger partial charge on any atom is 0.129 e. The Morgan fingerprint density at radius 3 is 2.89 bits per heavy atom. The molecule has 4 rings (SSSR count). The highest BCUT2D eigenvalue weighted by molar-refractivity contribution is 9.10. The number of nitrogens with zero attached hydrogens (tertiary/aromatic N) is 1. The molecule has 0 radical (unpaired) electrons. The van der Waals surface area contributed by atoms with Crippen molar-refractivity contribution in [2.24, 2.45) is 0 Å². The van der Waals surface area contributed by atoms with E-state index in [2.05, 4.69) is 34.1 Å². The monoisotopic (exact) mass is 311 g/mol. The van der Waals surface area contributed by atoms with Crippen molar-refractivity contribution in [3.8, 4) is 17.0 Å². The molecule has 0 aliphatic carbocycles. The van der Waals surface area contributed by atoms with E-state index >= 15 is 0 Å². The van der Waals surface area contributed by atoms with Crippen LogP contribution in [0.5, 0.6) is 5.75 Å². The molecule has 2 aromatic carbocycles. The lowest BCUT2D eigenvalue weighted by Crippen LogP contribution is -2.07. The number of para-hydroxylation sites is 1. The van der Waals surface area contributed by atoms with Gasteiger partial charge >= 0.3 is 0 Å². The van der Waals surface area contributed by atoms with E-state index in [4.69, 9.17) is 9.72 Å². The van der Waals surface area contributed by atoms with Crippen molar-refractivity contribution in [2.45, 2.75) is 6.61 Å². The number of pyridine rings is 1. The first-order valence-electron chi connectivity index (χ1n) is 6.13. The van der Waals surface area contributed by atoms with Crippen LogP contribution >= 0.6 is 15.9 Å². The van der Waals surface area contributed by atoms with E-state index < -0.39 is 0 Å². The second kappa shape index (κ2) is 4.07. The molecule has 1 aliphatic heterocycles. The normalized spacial score (nSPS) is 12.7. The number of benzene rings is 2.